The number of halogens is 2. The lowest BCUT2D eigenvalue weighted by molar-refractivity contribution is -0.0399. The lowest BCUT2D eigenvalue weighted by Gasteiger charge is -2.61. The van der Waals surface area contributed by atoms with Gasteiger partial charge in [0.1, 0.15) is 0 Å². The Morgan fingerprint density at radius 2 is 1.40 bits per heavy atom. The minimum Gasteiger partial charge on any atom is -0.0837 e. The summed E-state index contributed by atoms with van der Waals surface area (Å²) in [7, 11) is 0. The van der Waals surface area contributed by atoms with E-state index in [2.05, 4.69) is 76.6 Å². The van der Waals surface area contributed by atoms with E-state index < -0.39 is 0 Å². The third-order valence-electron chi connectivity index (χ3n) is 8.80. The third kappa shape index (κ3) is 2.24. The van der Waals surface area contributed by atoms with E-state index in [0.717, 1.165) is 33.2 Å². The molecule has 5 aliphatic carbocycles. The first kappa shape index (κ1) is 18.0. The standard InChI is InChI=1S/C28H24BrCl/c29-22-7-4-18(5-8-22)19-6-9-23-25(15-19)28(24-2-1-3-26(30)27(23)24)20-11-16-10-17(13-20)14-21(28)12-16/h1-9,15-17,20-21H,10-14H2. The maximum absolute atomic E-state index is 6.86. The van der Waals surface area contributed by atoms with Crippen LogP contribution in [0.1, 0.15) is 43.2 Å². The monoisotopic (exact) mass is 474 g/mol. The van der Waals surface area contributed by atoms with Crippen molar-refractivity contribution in [2.75, 3.05) is 0 Å². The molecule has 0 amide bonds. The first-order chi connectivity index (χ1) is 14.6. The average Bonchev–Trinajstić information content (AvgIpc) is 3.03. The van der Waals surface area contributed by atoms with Crippen LogP contribution in [0.5, 0.6) is 0 Å². The van der Waals surface area contributed by atoms with Gasteiger partial charge < -0.3 is 0 Å². The van der Waals surface area contributed by atoms with Crippen LogP contribution >= 0.6 is 27.5 Å². The fraction of sp³-hybridized carbons (Fsp3) is 0.357. The zero-order chi connectivity index (χ0) is 20.0. The summed E-state index contributed by atoms with van der Waals surface area (Å²) >= 11 is 10.4. The van der Waals surface area contributed by atoms with Crippen molar-refractivity contribution in [3.05, 3.63) is 81.3 Å². The van der Waals surface area contributed by atoms with Gasteiger partial charge in [-0.25, -0.2) is 0 Å². The second kappa shape index (κ2) is 6.24. The molecule has 1 spiro atoms. The molecule has 0 unspecified atom stereocenters. The Hall–Kier alpha value is -1.57. The Morgan fingerprint density at radius 1 is 0.733 bits per heavy atom. The van der Waals surface area contributed by atoms with Gasteiger partial charge in [-0.05, 0) is 108 Å². The summed E-state index contributed by atoms with van der Waals surface area (Å²) in [6.07, 6.45) is 7.10. The van der Waals surface area contributed by atoms with Crippen molar-refractivity contribution in [2.45, 2.75) is 37.5 Å². The fourth-order valence-electron chi connectivity index (χ4n) is 8.02. The topological polar surface area (TPSA) is 0 Å². The first-order valence-electron chi connectivity index (χ1n) is 11.3. The van der Waals surface area contributed by atoms with Gasteiger partial charge in [-0.3, -0.25) is 0 Å². The normalized spacial score (nSPS) is 32.5. The van der Waals surface area contributed by atoms with E-state index in [1.54, 1.807) is 5.56 Å². The van der Waals surface area contributed by atoms with Crippen LogP contribution in [0.2, 0.25) is 5.02 Å². The molecule has 0 aliphatic heterocycles. The Kier molecular flexibility index (Phi) is 3.75. The van der Waals surface area contributed by atoms with E-state index in [-0.39, 0.29) is 5.41 Å². The summed E-state index contributed by atoms with van der Waals surface area (Å²) in [5.41, 5.74) is 8.62. The third-order valence-corrected chi connectivity index (χ3v) is 9.64. The van der Waals surface area contributed by atoms with Crippen LogP contribution < -0.4 is 0 Å². The summed E-state index contributed by atoms with van der Waals surface area (Å²) in [6, 6.07) is 22.6. The lowest BCUT2D eigenvalue weighted by Crippen LogP contribution is -2.55. The molecular weight excluding hydrogens is 452 g/mol. The lowest BCUT2D eigenvalue weighted by atomic mass is 9.43. The summed E-state index contributed by atoms with van der Waals surface area (Å²) in [6.45, 7) is 0. The maximum atomic E-state index is 6.86. The molecule has 0 saturated heterocycles. The molecule has 150 valence electrons. The van der Waals surface area contributed by atoms with Crippen LogP contribution in [-0.2, 0) is 5.41 Å². The second-order valence-electron chi connectivity index (χ2n) is 10.1. The van der Waals surface area contributed by atoms with E-state index in [1.807, 2.05) is 0 Å². The van der Waals surface area contributed by atoms with Crippen molar-refractivity contribution >= 4 is 27.5 Å². The van der Waals surface area contributed by atoms with E-state index in [4.69, 9.17) is 11.6 Å². The van der Waals surface area contributed by atoms with Crippen molar-refractivity contribution in [3.8, 4) is 22.3 Å². The summed E-state index contributed by atoms with van der Waals surface area (Å²) in [5.74, 6) is 3.46. The molecule has 2 heteroatoms. The van der Waals surface area contributed by atoms with Gasteiger partial charge in [-0.15, -0.1) is 0 Å². The van der Waals surface area contributed by atoms with Gasteiger partial charge in [-0.1, -0.05) is 63.9 Å². The molecule has 3 aromatic rings. The van der Waals surface area contributed by atoms with Crippen molar-refractivity contribution in [1.29, 1.82) is 0 Å². The number of rotatable bonds is 1. The zero-order valence-corrected chi connectivity index (χ0v) is 19.2. The molecule has 0 heterocycles. The quantitative estimate of drug-likeness (QED) is 0.331. The SMILES string of the molecule is Clc1cccc2c1-c1ccc(-c3ccc(Br)cc3)cc1C21C2CC3CC(C2)CC1C3. The van der Waals surface area contributed by atoms with Gasteiger partial charge in [0.05, 0.1) is 0 Å². The van der Waals surface area contributed by atoms with Crippen LogP contribution in [-0.4, -0.2) is 0 Å². The summed E-state index contributed by atoms with van der Waals surface area (Å²) in [5, 5.41) is 0.927. The molecule has 3 aromatic carbocycles. The smallest absolute Gasteiger partial charge is 0.0487 e. The Bertz CT molecular complexity index is 1150. The molecule has 0 aromatic heterocycles. The zero-order valence-electron chi connectivity index (χ0n) is 16.9. The fourth-order valence-corrected chi connectivity index (χ4v) is 8.56. The molecule has 0 N–H and O–H groups in total. The molecule has 8 rings (SSSR count). The highest BCUT2D eigenvalue weighted by atomic mass is 79.9. The summed E-state index contributed by atoms with van der Waals surface area (Å²) in [4.78, 5) is 0. The molecule has 4 saturated carbocycles. The average molecular weight is 476 g/mol. The van der Waals surface area contributed by atoms with Gasteiger partial charge in [0.15, 0.2) is 0 Å². The highest BCUT2D eigenvalue weighted by Gasteiger charge is 2.61. The number of benzene rings is 3. The van der Waals surface area contributed by atoms with Gasteiger partial charge >= 0.3 is 0 Å². The van der Waals surface area contributed by atoms with Crippen LogP contribution in [0.25, 0.3) is 22.3 Å². The Morgan fingerprint density at radius 3 is 2.10 bits per heavy atom. The van der Waals surface area contributed by atoms with Crippen molar-refractivity contribution in [2.24, 2.45) is 23.7 Å². The second-order valence-corrected chi connectivity index (χ2v) is 11.4. The van der Waals surface area contributed by atoms with Gasteiger partial charge in [0.2, 0.25) is 0 Å². The predicted octanol–water partition coefficient (Wildman–Crippen LogP) is 8.49. The highest BCUT2D eigenvalue weighted by Crippen LogP contribution is 2.70. The van der Waals surface area contributed by atoms with E-state index in [0.29, 0.717) is 0 Å². The molecule has 4 bridgehead atoms. The molecule has 0 atom stereocenters. The Balaban J connectivity index is 1.50. The summed E-state index contributed by atoms with van der Waals surface area (Å²) < 4.78 is 1.13. The van der Waals surface area contributed by atoms with Crippen molar-refractivity contribution in [1.82, 2.24) is 0 Å². The van der Waals surface area contributed by atoms with Crippen LogP contribution in [0.15, 0.2) is 65.1 Å². The van der Waals surface area contributed by atoms with Gasteiger partial charge in [-0.2, -0.15) is 0 Å². The van der Waals surface area contributed by atoms with Crippen LogP contribution in [0, 0.1) is 23.7 Å². The van der Waals surface area contributed by atoms with Gasteiger partial charge in [0.25, 0.3) is 0 Å². The maximum Gasteiger partial charge on any atom is 0.0487 e. The largest absolute Gasteiger partial charge is 0.0837 e. The van der Waals surface area contributed by atoms with E-state index in [1.165, 1.54) is 59.9 Å². The minimum atomic E-state index is 0.175. The number of fused-ring (bicyclic) bond motifs is 3. The number of hydrogen-bond donors (Lipinski definition) is 0. The first-order valence-corrected chi connectivity index (χ1v) is 12.5. The van der Waals surface area contributed by atoms with Gasteiger partial charge in [0, 0.05) is 20.5 Å². The predicted molar refractivity (Wildman–Crippen MR) is 128 cm³/mol. The van der Waals surface area contributed by atoms with Crippen molar-refractivity contribution < 1.29 is 0 Å². The van der Waals surface area contributed by atoms with Crippen LogP contribution in [0.3, 0.4) is 0 Å². The molecule has 30 heavy (non-hydrogen) atoms. The Labute approximate surface area is 191 Å². The van der Waals surface area contributed by atoms with Crippen molar-refractivity contribution in [3.63, 3.8) is 0 Å². The van der Waals surface area contributed by atoms with E-state index >= 15 is 0 Å². The molecule has 4 fully saturated rings. The molecular formula is C28H24BrCl. The van der Waals surface area contributed by atoms with E-state index in [9.17, 15) is 0 Å². The van der Waals surface area contributed by atoms with Crippen LogP contribution in [0.4, 0.5) is 0 Å². The molecule has 5 aliphatic rings. The molecule has 0 radical (unpaired) electrons. The highest BCUT2D eigenvalue weighted by molar-refractivity contribution is 9.10. The number of hydrogen-bond acceptors (Lipinski definition) is 0. The minimum absolute atomic E-state index is 0.175. The molecule has 0 nitrogen and oxygen atoms in total.